The second-order valence-electron chi connectivity index (χ2n) is 8.88. The highest BCUT2D eigenvalue weighted by Crippen LogP contribution is 2.20. The fraction of sp³-hybridized carbons (Fsp3) is 0.333. The third kappa shape index (κ3) is 7.24. The van der Waals surface area contributed by atoms with E-state index in [-0.39, 0.29) is 9.79 Å². The van der Waals surface area contributed by atoms with E-state index in [9.17, 15) is 16.8 Å². The second-order valence-corrected chi connectivity index (χ2v) is 12.3. The van der Waals surface area contributed by atoms with Gasteiger partial charge in [0.15, 0.2) is 0 Å². The molecule has 3 rings (SSSR count). The first-order valence-electron chi connectivity index (χ1n) is 12.0. The van der Waals surface area contributed by atoms with Crippen LogP contribution in [0.5, 0.6) is 0 Å². The maximum Gasteiger partial charge on any atom is 0.241 e. The van der Waals surface area contributed by atoms with Gasteiger partial charge in [-0.15, -0.1) is 0 Å². The van der Waals surface area contributed by atoms with Crippen LogP contribution in [-0.2, 0) is 26.6 Å². The number of nitrogens with zero attached hydrogens (tertiary/aromatic N) is 1. The minimum Gasteiger partial charge on any atom is -0.266 e. The molecular formula is C27H35N3O4S2. The Hall–Kier alpha value is -2.56. The van der Waals surface area contributed by atoms with E-state index in [1.54, 1.807) is 36.4 Å². The Bertz CT molecular complexity index is 1280. The largest absolute Gasteiger partial charge is 0.266 e. The van der Waals surface area contributed by atoms with E-state index in [4.69, 9.17) is 0 Å². The zero-order chi connectivity index (χ0) is 26.3. The standard InChI is InChI=1S/C27H35N3O4S2/c1-5-26(28-35(31,32)24-16-10-12-21(3)18-24)30(20-23-14-8-7-9-15-23)27(6-2)29-36(33,34)25-17-11-13-22(4)19-25/h7-19,26-29H,5-6,20H2,1-4H3. The number of rotatable bonds is 12. The lowest BCUT2D eigenvalue weighted by molar-refractivity contribution is 0.101. The molecule has 0 amide bonds. The maximum atomic E-state index is 13.3. The maximum absolute atomic E-state index is 13.3. The second kappa shape index (κ2) is 12.1. The van der Waals surface area contributed by atoms with Crippen molar-refractivity contribution in [2.45, 2.75) is 69.2 Å². The number of hydrogen-bond acceptors (Lipinski definition) is 5. The third-order valence-corrected chi connectivity index (χ3v) is 8.88. The van der Waals surface area contributed by atoms with E-state index >= 15 is 0 Å². The monoisotopic (exact) mass is 529 g/mol. The van der Waals surface area contributed by atoms with E-state index in [1.807, 2.05) is 75.1 Å². The first-order chi connectivity index (χ1) is 17.1. The van der Waals surface area contributed by atoms with Crippen LogP contribution < -0.4 is 9.44 Å². The van der Waals surface area contributed by atoms with Crippen molar-refractivity contribution in [1.29, 1.82) is 0 Å². The average molecular weight is 530 g/mol. The van der Waals surface area contributed by atoms with Crippen molar-refractivity contribution in [3.63, 3.8) is 0 Å². The summed E-state index contributed by atoms with van der Waals surface area (Å²) < 4.78 is 58.8. The van der Waals surface area contributed by atoms with Crippen molar-refractivity contribution in [3.05, 3.63) is 95.6 Å². The molecule has 2 N–H and O–H groups in total. The number of nitrogens with one attached hydrogen (secondary N) is 2. The van der Waals surface area contributed by atoms with E-state index in [1.165, 1.54) is 0 Å². The molecule has 36 heavy (non-hydrogen) atoms. The first kappa shape index (κ1) is 28.0. The highest BCUT2D eigenvalue weighted by atomic mass is 32.2. The van der Waals surface area contributed by atoms with Crippen LogP contribution in [0.4, 0.5) is 0 Å². The Kier molecular flexibility index (Phi) is 9.43. The summed E-state index contributed by atoms with van der Waals surface area (Å²) >= 11 is 0. The van der Waals surface area contributed by atoms with Gasteiger partial charge < -0.3 is 0 Å². The molecular weight excluding hydrogens is 494 g/mol. The van der Waals surface area contributed by atoms with Gasteiger partial charge in [0.25, 0.3) is 0 Å². The predicted octanol–water partition coefficient (Wildman–Crippen LogP) is 4.53. The summed E-state index contributed by atoms with van der Waals surface area (Å²) in [6.07, 6.45) is -0.442. The van der Waals surface area contributed by atoms with Crippen LogP contribution in [0.2, 0.25) is 0 Å². The molecule has 2 atom stereocenters. The molecule has 0 fully saturated rings. The number of benzene rings is 3. The number of sulfonamides is 2. The lowest BCUT2D eigenvalue weighted by Gasteiger charge is -2.38. The average Bonchev–Trinajstić information content (AvgIpc) is 2.85. The van der Waals surface area contributed by atoms with Crippen LogP contribution in [0.15, 0.2) is 88.7 Å². The van der Waals surface area contributed by atoms with Gasteiger partial charge in [0.05, 0.1) is 22.1 Å². The van der Waals surface area contributed by atoms with Crippen molar-refractivity contribution >= 4 is 20.0 Å². The molecule has 0 saturated heterocycles. The first-order valence-corrected chi connectivity index (χ1v) is 15.0. The summed E-state index contributed by atoms with van der Waals surface area (Å²) in [5, 5.41) is 0. The normalized spacial score (nSPS) is 14.0. The van der Waals surface area contributed by atoms with Gasteiger partial charge in [-0.1, -0.05) is 68.4 Å². The minimum absolute atomic E-state index is 0.175. The lowest BCUT2D eigenvalue weighted by atomic mass is 10.1. The van der Waals surface area contributed by atoms with Gasteiger partial charge in [-0.2, -0.15) is 9.44 Å². The molecule has 9 heteroatoms. The molecule has 0 heterocycles. The van der Waals surface area contributed by atoms with Crippen LogP contribution >= 0.6 is 0 Å². The van der Waals surface area contributed by atoms with Crippen LogP contribution in [0.1, 0.15) is 43.4 Å². The van der Waals surface area contributed by atoms with Crippen molar-refractivity contribution in [1.82, 2.24) is 14.3 Å². The van der Waals surface area contributed by atoms with Gasteiger partial charge in [-0.25, -0.2) is 16.8 Å². The summed E-state index contributed by atoms with van der Waals surface area (Å²) in [4.78, 5) is 2.22. The van der Waals surface area contributed by atoms with Crippen molar-refractivity contribution in [3.8, 4) is 0 Å². The molecule has 0 spiro atoms. The summed E-state index contributed by atoms with van der Waals surface area (Å²) in [5.74, 6) is 0. The van der Waals surface area contributed by atoms with Crippen LogP contribution in [0.3, 0.4) is 0 Å². The predicted molar refractivity (Wildman–Crippen MR) is 143 cm³/mol. The van der Waals surface area contributed by atoms with Crippen molar-refractivity contribution in [2.24, 2.45) is 0 Å². The van der Waals surface area contributed by atoms with Gasteiger partial charge in [-0.05, 0) is 67.6 Å². The van der Waals surface area contributed by atoms with Gasteiger partial charge in [0.1, 0.15) is 0 Å². The minimum atomic E-state index is -3.84. The number of aryl methyl sites for hydroxylation is 2. The molecule has 2 unspecified atom stereocenters. The molecule has 3 aromatic rings. The highest BCUT2D eigenvalue weighted by Gasteiger charge is 2.31. The highest BCUT2D eigenvalue weighted by molar-refractivity contribution is 7.89. The summed E-state index contributed by atoms with van der Waals surface area (Å²) in [7, 11) is -7.69. The Morgan fingerprint density at radius 1 is 0.667 bits per heavy atom. The van der Waals surface area contributed by atoms with Gasteiger partial charge in [-0.3, -0.25) is 4.90 Å². The summed E-state index contributed by atoms with van der Waals surface area (Å²) in [6.45, 7) is 7.79. The molecule has 0 radical (unpaired) electrons. The molecule has 0 bridgehead atoms. The quantitative estimate of drug-likeness (QED) is 0.336. The molecule has 0 aromatic heterocycles. The topological polar surface area (TPSA) is 95.6 Å². The zero-order valence-electron chi connectivity index (χ0n) is 21.2. The van der Waals surface area contributed by atoms with Gasteiger partial charge in [0, 0.05) is 6.54 Å². The fourth-order valence-corrected chi connectivity index (χ4v) is 6.85. The Balaban J connectivity index is 1.97. The van der Waals surface area contributed by atoms with E-state index in [0.717, 1.165) is 16.7 Å². The SMILES string of the molecule is CCC(NS(=O)(=O)c1cccc(C)c1)N(Cc1ccccc1)C(CC)NS(=O)(=O)c1cccc(C)c1. The Labute approximate surface area is 215 Å². The Morgan fingerprint density at radius 3 is 1.50 bits per heavy atom. The lowest BCUT2D eigenvalue weighted by Crippen LogP contribution is -2.56. The fourth-order valence-electron chi connectivity index (χ4n) is 4.06. The van der Waals surface area contributed by atoms with Crippen LogP contribution in [0.25, 0.3) is 0 Å². The van der Waals surface area contributed by atoms with Crippen molar-refractivity contribution in [2.75, 3.05) is 0 Å². The van der Waals surface area contributed by atoms with Gasteiger partial charge in [0.2, 0.25) is 20.0 Å². The molecule has 3 aromatic carbocycles. The molecule has 0 aliphatic rings. The number of hydrogen-bond donors (Lipinski definition) is 2. The summed E-state index contributed by atoms with van der Waals surface area (Å²) in [6, 6.07) is 23.0. The third-order valence-electron chi connectivity index (χ3n) is 5.96. The smallest absolute Gasteiger partial charge is 0.241 e. The van der Waals surface area contributed by atoms with E-state index in [2.05, 4.69) is 9.44 Å². The van der Waals surface area contributed by atoms with E-state index < -0.39 is 32.4 Å². The van der Waals surface area contributed by atoms with E-state index in [0.29, 0.717) is 19.4 Å². The van der Waals surface area contributed by atoms with Crippen molar-refractivity contribution < 1.29 is 16.8 Å². The Morgan fingerprint density at radius 2 is 1.11 bits per heavy atom. The molecule has 0 aliphatic heterocycles. The van der Waals surface area contributed by atoms with Crippen LogP contribution in [0, 0.1) is 13.8 Å². The van der Waals surface area contributed by atoms with Gasteiger partial charge >= 0.3 is 0 Å². The molecule has 7 nitrogen and oxygen atoms in total. The summed E-state index contributed by atoms with van der Waals surface area (Å²) in [5.41, 5.74) is 2.62. The molecule has 194 valence electrons. The molecule has 0 saturated carbocycles. The van der Waals surface area contributed by atoms with Crippen LogP contribution in [-0.4, -0.2) is 34.1 Å². The zero-order valence-corrected chi connectivity index (χ0v) is 22.8. The molecule has 0 aliphatic carbocycles.